The zero-order valence-corrected chi connectivity index (χ0v) is 19.6. The van der Waals surface area contributed by atoms with E-state index in [4.69, 9.17) is 14.7 Å². The fourth-order valence-electron chi connectivity index (χ4n) is 3.72. The van der Waals surface area contributed by atoms with Gasteiger partial charge >= 0.3 is 0 Å². The number of hydrogen-bond acceptors (Lipinski definition) is 7. The lowest BCUT2D eigenvalue weighted by molar-refractivity contribution is -0.123. The molecule has 0 spiro atoms. The van der Waals surface area contributed by atoms with E-state index in [0.29, 0.717) is 18.8 Å². The lowest BCUT2D eigenvalue weighted by Gasteiger charge is -2.28. The van der Waals surface area contributed by atoms with Crippen LogP contribution in [0, 0.1) is 5.82 Å². The summed E-state index contributed by atoms with van der Waals surface area (Å²) in [4.78, 5) is 24.1. The summed E-state index contributed by atoms with van der Waals surface area (Å²) in [5.74, 6) is 1.77. The summed E-state index contributed by atoms with van der Waals surface area (Å²) >= 11 is 1.66. The molecule has 10 heteroatoms. The van der Waals surface area contributed by atoms with E-state index >= 15 is 0 Å². The van der Waals surface area contributed by atoms with Gasteiger partial charge in [-0.05, 0) is 49.9 Å². The molecule has 0 unspecified atom stereocenters. The first-order valence-corrected chi connectivity index (χ1v) is 12.4. The molecule has 4 rings (SSSR count). The van der Waals surface area contributed by atoms with Gasteiger partial charge < -0.3 is 15.0 Å². The Labute approximate surface area is 196 Å². The second-order valence-electron chi connectivity index (χ2n) is 7.92. The molecule has 3 aromatic rings. The summed E-state index contributed by atoms with van der Waals surface area (Å²) in [5, 5.41) is 9.08. The van der Waals surface area contributed by atoms with Gasteiger partial charge in [0.15, 0.2) is 17.4 Å². The Balaban J connectivity index is 1.40. The van der Waals surface area contributed by atoms with Crippen molar-refractivity contribution in [2.24, 2.45) is 0 Å². The second-order valence-corrected chi connectivity index (χ2v) is 8.99. The van der Waals surface area contributed by atoms with Gasteiger partial charge in [0.1, 0.15) is 17.4 Å². The van der Waals surface area contributed by atoms with Crippen LogP contribution in [0.1, 0.15) is 32.6 Å². The van der Waals surface area contributed by atoms with Gasteiger partial charge in [-0.1, -0.05) is 18.7 Å². The first-order chi connectivity index (χ1) is 16.1. The largest absolute Gasteiger partial charge is 0.484 e. The summed E-state index contributed by atoms with van der Waals surface area (Å²) in [6.45, 7) is 4.88. The Kier molecular flexibility index (Phi) is 7.98. The van der Waals surface area contributed by atoms with Crippen molar-refractivity contribution in [1.29, 1.82) is 0 Å². The smallest absolute Gasteiger partial charge is 0.258 e. The van der Waals surface area contributed by atoms with Crippen LogP contribution < -0.4 is 15.0 Å². The quantitative estimate of drug-likeness (QED) is 0.356. The van der Waals surface area contributed by atoms with Gasteiger partial charge in [-0.3, -0.25) is 4.79 Å². The number of nitrogens with one attached hydrogen (secondary N) is 1. The maximum Gasteiger partial charge on any atom is 0.258 e. The zero-order chi connectivity index (χ0) is 23.0. The molecule has 0 saturated carbocycles. The Morgan fingerprint density at radius 3 is 2.73 bits per heavy atom. The van der Waals surface area contributed by atoms with E-state index in [0.717, 1.165) is 47.3 Å². The number of amides is 1. The summed E-state index contributed by atoms with van der Waals surface area (Å²) in [5.41, 5.74) is 0.793. The number of nitrogens with zero attached hydrogens (tertiary/aromatic N) is 5. The number of aromatic nitrogens is 4. The van der Waals surface area contributed by atoms with E-state index in [1.54, 1.807) is 11.8 Å². The van der Waals surface area contributed by atoms with Gasteiger partial charge in [-0.2, -0.15) is 5.10 Å². The Morgan fingerprint density at radius 2 is 1.97 bits per heavy atom. The molecule has 1 fully saturated rings. The number of fused-ring (bicyclic) bond motifs is 1. The van der Waals surface area contributed by atoms with Gasteiger partial charge in [0, 0.05) is 25.4 Å². The van der Waals surface area contributed by atoms with Crippen molar-refractivity contribution in [3.8, 4) is 5.75 Å². The molecule has 1 amide bonds. The van der Waals surface area contributed by atoms with Gasteiger partial charge in [0.05, 0.1) is 18.1 Å². The molecule has 0 atom stereocenters. The lowest BCUT2D eigenvalue weighted by Crippen LogP contribution is -2.32. The van der Waals surface area contributed by atoms with Crippen LogP contribution in [0.3, 0.4) is 0 Å². The second kappa shape index (κ2) is 11.3. The van der Waals surface area contributed by atoms with Crippen molar-refractivity contribution in [3.05, 3.63) is 36.3 Å². The van der Waals surface area contributed by atoms with E-state index in [-0.39, 0.29) is 18.3 Å². The average molecular weight is 473 g/mol. The Bertz CT molecular complexity index is 1070. The summed E-state index contributed by atoms with van der Waals surface area (Å²) < 4.78 is 20.2. The molecule has 1 aromatic carbocycles. The van der Waals surface area contributed by atoms with Gasteiger partial charge in [-0.25, -0.2) is 19.0 Å². The van der Waals surface area contributed by atoms with Crippen LogP contribution in [-0.4, -0.2) is 57.6 Å². The normalized spacial score (nSPS) is 13.9. The van der Waals surface area contributed by atoms with E-state index in [1.807, 2.05) is 10.9 Å². The predicted molar refractivity (Wildman–Crippen MR) is 127 cm³/mol. The van der Waals surface area contributed by atoms with Crippen molar-refractivity contribution < 1.29 is 13.9 Å². The van der Waals surface area contributed by atoms with Crippen molar-refractivity contribution in [1.82, 2.24) is 25.1 Å². The molecule has 2 aromatic heterocycles. The van der Waals surface area contributed by atoms with Crippen LogP contribution in [-0.2, 0) is 11.3 Å². The van der Waals surface area contributed by atoms with Crippen LogP contribution in [0.15, 0.2) is 35.6 Å². The maximum atomic E-state index is 13.0. The molecular weight excluding hydrogens is 443 g/mol. The fraction of sp³-hybridized carbons (Fsp3) is 0.478. The third-order valence-electron chi connectivity index (χ3n) is 5.38. The maximum absolute atomic E-state index is 13.0. The number of ether oxygens (including phenoxy) is 1. The van der Waals surface area contributed by atoms with Crippen LogP contribution in [0.4, 0.5) is 10.2 Å². The molecular formula is C23H29FN6O2S. The number of halogens is 1. The average Bonchev–Trinajstić information content (AvgIpc) is 3.25. The first kappa shape index (κ1) is 23.3. The van der Waals surface area contributed by atoms with Crippen molar-refractivity contribution in [2.75, 3.05) is 36.9 Å². The third-order valence-corrected chi connectivity index (χ3v) is 6.43. The predicted octanol–water partition coefficient (Wildman–Crippen LogP) is 3.65. The summed E-state index contributed by atoms with van der Waals surface area (Å²) in [6, 6.07) is 5.57. The van der Waals surface area contributed by atoms with E-state index in [9.17, 15) is 9.18 Å². The molecule has 8 nitrogen and oxygen atoms in total. The monoisotopic (exact) mass is 472 g/mol. The molecule has 0 aliphatic carbocycles. The van der Waals surface area contributed by atoms with Gasteiger partial charge in [-0.15, -0.1) is 0 Å². The molecule has 1 aliphatic heterocycles. The van der Waals surface area contributed by atoms with Crippen molar-refractivity contribution >= 4 is 34.5 Å². The van der Waals surface area contributed by atoms with Crippen LogP contribution in [0.25, 0.3) is 11.0 Å². The number of anilines is 1. The minimum Gasteiger partial charge on any atom is -0.484 e. The molecule has 33 heavy (non-hydrogen) atoms. The number of benzene rings is 1. The SMILES string of the molecule is CCCSc1nc(N2CCCCC2)c2cnn(CCNC(=O)COc3ccc(F)cc3)c2n1. The topological polar surface area (TPSA) is 85.2 Å². The lowest BCUT2D eigenvalue weighted by atomic mass is 10.1. The molecule has 176 valence electrons. The molecule has 1 N–H and O–H groups in total. The van der Waals surface area contributed by atoms with E-state index in [2.05, 4.69) is 22.2 Å². The fourth-order valence-corrected chi connectivity index (χ4v) is 4.41. The molecule has 1 saturated heterocycles. The van der Waals surface area contributed by atoms with E-state index < -0.39 is 0 Å². The minimum atomic E-state index is -0.346. The zero-order valence-electron chi connectivity index (χ0n) is 18.8. The number of thioether (sulfide) groups is 1. The highest BCUT2D eigenvalue weighted by Crippen LogP contribution is 2.29. The molecule has 0 radical (unpaired) electrons. The standard InChI is InChI=1S/C23H29FN6O2S/c1-2-14-33-23-27-21(29-11-4-3-5-12-29)19-15-26-30(22(19)28-23)13-10-25-20(31)16-32-18-8-6-17(24)7-9-18/h6-9,15H,2-5,10-14,16H2,1H3,(H,25,31). The number of carbonyl (C=O) groups excluding carboxylic acids is 1. The highest BCUT2D eigenvalue weighted by molar-refractivity contribution is 7.99. The summed E-state index contributed by atoms with van der Waals surface area (Å²) in [7, 11) is 0. The number of rotatable bonds is 10. The molecule has 3 heterocycles. The Morgan fingerprint density at radius 1 is 1.18 bits per heavy atom. The molecule has 1 aliphatic rings. The van der Waals surface area contributed by atoms with Crippen LogP contribution in [0.2, 0.25) is 0 Å². The Hall–Kier alpha value is -2.88. The number of hydrogen-bond donors (Lipinski definition) is 1. The van der Waals surface area contributed by atoms with Crippen molar-refractivity contribution in [2.45, 2.75) is 44.3 Å². The molecule has 0 bridgehead atoms. The highest BCUT2D eigenvalue weighted by atomic mass is 32.2. The first-order valence-electron chi connectivity index (χ1n) is 11.4. The minimum absolute atomic E-state index is 0.134. The van der Waals surface area contributed by atoms with Crippen molar-refractivity contribution in [3.63, 3.8) is 0 Å². The third kappa shape index (κ3) is 6.13. The van der Waals surface area contributed by atoms with Crippen LogP contribution in [0.5, 0.6) is 5.75 Å². The summed E-state index contributed by atoms with van der Waals surface area (Å²) in [6.07, 6.45) is 6.47. The van der Waals surface area contributed by atoms with Gasteiger partial charge in [0.25, 0.3) is 5.91 Å². The van der Waals surface area contributed by atoms with Gasteiger partial charge in [0.2, 0.25) is 0 Å². The number of piperidine rings is 1. The van der Waals surface area contributed by atoms with Crippen LogP contribution >= 0.6 is 11.8 Å². The number of carbonyl (C=O) groups is 1. The van der Waals surface area contributed by atoms with E-state index in [1.165, 1.54) is 43.5 Å². The highest BCUT2D eigenvalue weighted by Gasteiger charge is 2.20.